The Labute approximate surface area is 187 Å². The molecule has 5 rings (SSSR count). The van der Waals surface area contributed by atoms with E-state index in [2.05, 4.69) is 4.98 Å². The molecule has 0 unspecified atom stereocenters. The number of fused-ring (bicyclic) bond motifs is 1. The van der Waals surface area contributed by atoms with Crippen LogP contribution in [0, 0.1) is 17.8 Å². The minimum Gasteiger partial charge on any atom is -0.497 e. The number of imidazole rings is 1. The van der Waals surface area contributed by atoms with Crippen molar-refractivity contribution in [2.45, 2.75) is 45.1 Å². The number of amides is 2. The van der Waals surface area contributed by atoms with Crippen molar-refractivity contribution in [2.75, 3.05) is 33.3 Å². The molecule has 1 N–H and O–H groups in total. The van der Waals surface area contributed by atoms with Gasteiger partial charge in [-0.25, -0.2) is 4.79 Å². The Hall–Kier alpha value is -2.77. The Bertz CT molecular complexity index is 1050. The van der Waals surface area contributed by atoms with Crippen molar-refractivity contribution in [1.82, 2.24) is 19.4 Å². The highest BCUT2D eigenvalue weighted by molar-refractivity contribution is 5.82. The van der Waals surface area contributed by atoms with Gasteiger partial charge in [-0.3, -0.25) is 14.2 Å². The lowest BCUT2D eigenvalue weighted by atomic mass is 9.81. The van der Waals surface area contributed by atoms with Crippen LogP contribution in [0.25, 0.3) is 11.0 Å². The zero-order valence-corrected chi connectivity index (χ0v) is 18.7. The summed E-state index contributed by atoms with van der Waals surface area (Å²) in [6, 6.07) is 5.62. The molecule has 1 aromatic carbocycles. The Morgan fingerprint density at radius 3 is 2.03 bits per heavy atom. The van der Waals surface area contributed by atoms with Crippen molar-refractivity contribution in [3.05, 3.63) is 28.7 Å². The molecule has 2 aliphatic carbocycles. The number of nitrogens with one attached hydrogen (secondary N) is 1. The van der Waals surface area contributed by atoms with Crippen molar-refractivity contribution < 1.29 is 14.3 Å². The maximum Gasteiger partial charge on any atom is 0.326 e. The summed E-state index contributed by atoms with van der Waals surface area (Å²) in [4.78, 5) is 44.6. The van der Waals surface area contributed by atoms with E-state index in [-0.39, 0.29) is 29.3 Å². The predicted molar refractivity (Wildman–Crippen MR) is 120 cm³/mol. The van der Waals surface area contributed by atoms with E-state index in [0.29, 0.717) is 38.6 Å². The van der Waals surface area contributed by atoms with Crippen LogP contribution in [0.4, 0.5) is 0 Å². The van der Waals surface area contributed by atoms with Gasteiger partial charge in [-0.1, -0.05) is 0 Å². The average Bonchev–Trinajstić information content (AvgIpc) is 3.63. The van der Waals surface area contributed by atoms with Crippen LogP contribution < -0.4 is 10.4 Å². The average molecular weight is 441 g/mol. The number of carbonyl (C=O) groups is 2. The minimum atomic E-state index is -0.0925. The third-order valence-electron chi connectivity index (χ3n) is 7.45. The number of rotatable bonds is 5. The second kappa shape index (κ2) is 8.64. The molecule has 2 aromatic rings. The number of ether oxygens (including phenoxy) is 1. The van der Waals surface area contributed by atoms with Gasteiger partial charge in [-0.2, -0.15) is 0 Å². The van der Waals surface area contributed by atoms with Gasteiger partial charge in [0.1, 0.15) is 5.75 Å². The highest BCUT2D eigenvalue weighted by Crippen LogP contribution is 2.33. The largest absolute Gasteiger partial charge is 0.497 e. The van der Waals surface area contributed by atoms with Gasteiger partial charge in [0.05, 0.1) is 18.1 Å². The molecule has 8 nitrogen and oxygen atoms in total. The molecule has 0 atom stereocenters. The number of hydrogen-bond acceptors (Lipinski definition) is 4. The monoisotopic (exact) mass is 440 g/mol. The van der Waals surface area contributed by atoms with Crippen molar-refractivity contribution in [2.24, 2.45) is 17.8 Å². The van der Waals surface area contributed by atoms with Gasteiger partial charge < -0.3 is 19.5 Å². The van der Waals surface area contributed by atoms with Crippen LogP contribution >= 0.6 is 0 Å². The zero-order valence-electron chi connectivity index (χ0n) is 18.7. The Kier molecular flexibility index (Phi) is 5.69. The molecule has 3 fully saturated rings. The van der Waals surface area contributed by atoms with Crippen LogP contribution in [0.2, 0.25) is 0 Å². The molecular weight excluding hydrogens is 408 g/mol. The molecule has 8 heteroatoms. The van der Waals surface area contributed by atoms with Gasteiger partial charge in [0, 0.05) is 50.6 Å². The van der Waals surface area contributed by atoms with E-state index in [0.717, 1.165) is 55.3 Å². The van der Waals surface area contributed by atoms with E-state index in [4.69, 9.17) is 4.74 Å². The fourth-order valence-electron chi connectivity index (χ4n) is 5.28. The maximum absolute atomic E-state index is 13.0. The first-order valence-corrected chi connectivity index (χ1v) is 11.9. The van der Waals surface area contributed by atoms with Gasteiger partial charge in [-0.05, 0) is 56.6 Å². The van der Waals surface area contributed by atoms with Gasteiger partial charge in [0.15, 0.2) is 0 Å². The highest BCUT2D eigenvalue weighted by atomic mass is 16.5. The number of H-pyrrole nitrogens is 1. The van der Waals surface area contributed by atoms with E-state index >= 15 is 0 Å². The normalized spacial score (nSPS) is 24.0. The van der Waals surface area contributed by atoms with Crippen LogP contribution in [-0.2, 0) is 16.1 Å². The second-order valence-corrected chi connectivity index (χ2v) is 9.57. The molecule has 0 spiro atoms. The Morgan fingerprint density at radius 1 is 0.938 bits per heavy atom. The number of hydrogen-bond donors (Lipinski definition) is 1. The van der Waals surface area contributed by atoms with E-state index in [9.17, 15) is 14.4 Å². The lowest BCUT2D eigenvalue weighted by Gasteiger charge is -2.38. The lowest BCUT2D eigenvalue weighted by molar-refractivity contribution is -0.143. The predicted octanol–water partition coefficient (Wildman–Crippen LogP) is 2.23. The van der Waals surface area contributed by atoms with Crippen LogP contribution in [0.1, 0.15) is 38.5 Å². The van der Waals surface area contributed by atoms with Gasteiger partial charge in [-0.15, -0.1) is 0 Å². The van der Waals surface area contributed by atoms with Crippen molar-refractivity contribution >= 4 is 22.8 Å². The summed E-state index contributed by atoms with van der Waals surface area (Å²) >= 11 is 0. The number of piperazine rings is 1. The lowest BCUT2D eigenvalue weighted by Crippen LogP contribution is -2.52. The quantitative estimate of drug-likeness (QED) is 0.772. The number of benzene rings is 1. The third kappa shape index (κ3) is 4.14. The molecule has 3 aliphatic rings. The molecular formula is C24H32N4O4. The number of nitrogens with zero attached hydrogens (tertiary/aromatic N) is 3. The molecule has 1 aromatic heterocycles. The summed E-state index contributed by atoms with van der Waals surface area (Å²) in [5.41, 5.74) is 1.59. The second-order valence-electron chi connectivity index (χ2n) is 9.57. The van der Waals surface area contributed by atoms with Gasteiger partial charge in [0.2, 0.25) is 11.8 Å². The standard InChI is InChI=1S/C24H32N4O4/c1-32-19-8-9-20-21(14-19)28(24(31)25-20)15-16-2-4-17(5-3-16)22(29)26-10-12-27(13-11-26)23(30)18-6-7-18/h8-9,14,16-18H,2-7,10-13,15H2,1H3,(H,25,31). The van der Waals surface area contributed by atoms with E-state index in [1.165, 1.54) is 0 Å². The summed E-state index contributed by atoms with van der Waals surface area (Å²) in [6.45, 7) is 3.31. The van der Waals surface area contributed by atoms with Crippen LogP contribution in [0.3, 0.4) is 0 Å². The fraction of sp³-hybridized carbons (Fsp3) is 0.625. The molecule has 2 amide bonds. The maximum atomic E-state index is 13.0. The van der Waals surface area contributed by atoms with Crippen LogP contribution in [0.15, 0.2) is 23.0 Å². The summed E-state index contributed by atoms with van der Waals surface area (Å²) in [6.07, 6.45) is 5.68. The number of aromatic amines is 1. The van der Waals surface area contributed by atoms with Gasteiger partial charge in [0.25, 0.3) is 0 Å². The van der Waals surface area contributed by atoms with E-state index in [1.54, 1.807) is 11.7 Å². The Balaban J connectivity index is 1.15. The number of carbonyl (C=O) groups excluding carboxylic acids is 2. The molecule has 0 bridgehead atoms. The molecule has 2 saturated carbocycles. The summed E-state index contributed by atoms with van der Waals surface area (Å²) in [7, 11) is 1.62. The first kappa shape index (κ1) is 21.1. The van der Waals surface area contributed by atoms with Crippen molar-refractivity contribution in [1.29, 1.82) is 0 Å². The highest BCUT2D eigenvalue weighted by Gasteiger charge is 2.36. The minimum absolute atomic E-state index is 0.0664. The van der Waals surface area contributed by atoms with E-state index < -0.39 is 0 Å². The van der Waals surface area contributed by atoms with Crippen LogP contribution in [-0.4, -0.2) is 64.5 Å². The zero-order chi connectivity index (χ0) is 22.2. The molecule has 1 aliphatic heterocycles. The third-order valence-corrected chi connectivity index (χ3v) is 7.45. The molecule has 0 radical (unpaired) electrons. The van der Waals surface area contributed by atoms with Crippen LogP contribution in [0.5, 0.6) is 5.75 Å². The van der Waals surface area contributed by atoms with Crippen molar-refractivity contribution in [3.8, 4) is 5.75 Å². The SMILES string of the molecule is COc1ccc2[nH]c(=O)n(CC3CCC(C(=O)N4CCN(C(=O)C5CC5)CC4)CC3)c2c1. The topological polar surface area (TPSA) is 87.6 Å². The van der Waals surface area contributed by atoms with Gasteiger partial charge >= 0.3 is 5.69 Å². The molecule has 2 heterocycles. The first-order chi connectivity index (χ1) is 15.5. The number of methoxy groups -OCH3 is 1. The smallest absolute Gasteiger partial charge is 0.326 e. The number of aromatic nitrogens is 2. The van der Waals surface area contributed by atoms with Crippen molar-refractivity contribution in [3.63, 3.8) is 0 Å². The molecule has 172 valence electrons. The van der Waals surface area contributed by atoms with E-state index in [1.807, 2.05) is 28.0 Å². The summed E-state index contributed by atoms with van der Waals surface area (Å²) in [5.74, 6) is 1.96. The summed E-state index contributed by atoms with van der Waals surface area (Å²) in [5, 5.41) is 0. The fourth-order valence-corrected chi connectivity index (χ4v) is 5.28. The molecule has 1 saturated heterocycles. The molecule has 32 heavy (non-hydrogen) atoms. The first-order valence-electron chi connectivity index (χ1n) is 11.9. The Morgan fingerprint density at radius 2 is 1.50 bits per heavy atom. The summed E-state index contributed by atoms with van der Waals surface area (Å²) < 4.78 is 7.12.